The summed E-state index contributed by atoms with van der Waals surface area (Å²) in [6.45, 7) is 3.69. The van der Waals surface area contributed by atoms with Crippen molar-refractivity contribution in [2.45, 2.75) is 32.5 Å². The maximum absolute atomic E-state index is 12.2. The number of ether oxygens (including phenoxy) is 1. The number of hydrogen-bond donors (Lipinski definition) is 1. The number of alkyl halides is 2. The minimum atomic E-state index is -2.78. The normalized spacial score (nSPS) is 13.3. The predicted molar refractivity (Wildman–Crippen MR) is 53.2 cm³/mol. The van der Waals surface area contributed by atoms with Crippen molar-refractivity contribution in [2.75, 3.05) is 0 Å². The molecule has 84 valence electrons. The number of rotatable bonds is 4. The largest absolute Gasteiger partial charge is 0.491 e. The third kappa shape index (κ3) is 3.47. The van der Waals surface area contributed by atoms with Gasteiger partial charge in [0.2, 0.25) is 0 Å². The van der Waals surface area contributed by atoms with Crippen molar-refractivity contribution in [3.8, 4) is 5.75 Å². The maximum atomic E-state index is 12.2. The first-order valence-corrected chi connectivity index (χ1v) is 4.73. The molecule has 0 saturated heterocycles. The Morgan fingerprint density at radius 1 is 1.27 bits per heavy atom. The summed E-state index contributed by atoms with van der Waals surface area (Å²) in [6, 6.07) is 6.13. The summed E-state index contributed by atoms with van der Waals surface area (Å²) >= 11 is 0. The lowest BCUT2D eigenvalue weighted by atomic mass is 10.1. The van der Waals surface area contributed by atoms with Gasteiger partial charge in [0.1, 0.15) is 11.9 Å². The highest BCUT2D eigenvalue weighted by Crippen LogP contribution is 2.24. The Morgan fingerprint density at radius 3 is 2.47 bits per heavy atom. The van der Waals surface area contributed by atoms with Crippen molar-refractivity contribution in [2.24, 2.45) is 0 Å². The topological polar surface area (TPSA) is 29.5 Å². The van der Waals surface area contributed by atoms with Crippen LogP contribution in [-0.4, -0.2) is 17.6 Å². The van der Waals surface area contributed by atoms with E-state index in [1.807, 2.05) is 13.8 Å². The van der Waals surface area contributed by atoms with Crippen LogP contribution in [0.3, 0.4) is 0 Å². The molecule has 0 saturated carbocycles. The molecular weight excluding hydrogens is 202 g/mol. The monoisotopic (exact) mass is 216 g/mol. The summed E-state index contributed by atoms with van der Waals surface area (Å²) in [6.07, 6.45) is -4.55. The lowest BCUT2D eigenvalue weighted by Crippen LogP contribution is -2.09. The first kappa shape index (κ1) is 11.9. The summed E-state index contributed by atoms with van der Waals surface area (Å²) in [5.74, 6) is 0.488. The van der Waals surface area contributed by atoms with Gasteiger partial charge in [-0.05, 0) is 31.5 Å². The second-order valence-electron chi connectivity index (χ2n) is 3.52. The zero-order valence-electron chi connectivity index (χ0n) is 8.65. The SMILES string of the molecule is CC(C)Oc1cccc([C@@H](O)C(F)F)c1. The van der Waals surface area contributed by atoms with Gasteiger partial charge >= 0.3 is 0 Å². The van der Waals surface area contributed by atoms with E-state index in [9.17, 15) is 8.78 Å². The van der Waals surface area contributed by atoms with E-state index >= 15 is 0 Å². The van der Waals surface area contributed by atoms with Crippen LogP contribution in [-0.2, 0) is 0 Å². The van der Waals surface area contributed by atoms with Gasteiger partial charge in [-0.1, -0.05) is 12.1 Å². The van der Waals surface area contributed by atoms with Crippen LogP contribution >= 0.6 is 0 Å². The Hall–Kier alpha value is -1.16. The Morgan fingerprint density at radius 2 is 1.93 bits per heavy atom. The molecule has 0 aromatic heterocycles. The highest BCUT2D eigenvalue weighted by molar-refractivity contribution is 5.30. The summed E-state index contributed by atoms with van der Waals surface area (Å²) in [5.41, 5.74) is 0.170. The molecule has 0 radical (unpaired) electrons. The van der Waals surface area contributed by atoms with E-state index in [2.05, 4.69) is 0 Å². The molecule has 0 bridgehead atoms. The molecule has 1 atom stereocenters. The van der Waals surface area contributed by atoms with Crippen LogP contribution in [0.15, 0.2) is 24.3 Å². The molecule has 0 aliphatic carbocycles. The van der Waals surface area contributed by atoms with E-state index in [4.69, 9.17) is 9.84 Å². The Kier molecular flexibility index (Phi) is 4.03. The van der Waals surface area contributed by atoms with Crippen molar-refractivity contribution in [3.63, 3.8) is 0 Å². The molecule has 2 nitrogen and oxygen atoms in total. The molecule has 1 rings (SSSR count). The highest BCUT2D eigenvalue weighted by Gasteiger charge is 2.19. The third-order valence-electron chi connectivity index (χ3n) is 1.81. The van der Waals surface area contributed by atoms with Crippen molar-refractivity contribution in [1.82, 2.24) is 0 Å². The fourth-order valence-corrected chi connectivity index (χ4v) is 1.19. The van der Waals surface area contributed by atoms with E-state index < -0.39 is 12.5 Å². The van der Waals surface area contributed by atoms with E-state index in [0.717, 1.165) is 0 Å². The fraction of sp³-hybridized carbons (Fsp3) is 0.455. The first-order chi connectivity index (χ1) is 7.00. The second kappa shape index (κ2) is 5.07. The zero-order chi connectivity index (χ0) is 11.4. The van der Waals surface area contributed by atoms with E-state index in [1.165, 1.54) is 12.1 Å². The summed E-state index contributed by atoms with van der Waals surface area (Å²) in [4.78, 5) is 0. The molecule has 0 amide bonds. The van der Waals surface area contributed by atoms with Gasteiger partial charge in [0.25, 0.3) is 6.43 Å². The number of benzene rings is 1. The van der Waals surface area contributed by atoms with Crippen molar-refractivity contribution in [1.29, 1.82) is 0 Å². The highest BCUT2D eigenvalue weighted by atomic mass is 19.3. The summed E-state index contributed by atoms with van der Waals surface area (Å²) in [7, 11) is 0. The fourth-order valence-electron chi connectivity index (χ4n) is 1.19. The van der Waals surface area contributed by atoms with Gasteiger partial charge in [-0.25, -0.2) is 8.78 Å². The molecule has 0 heterocycles. The van der Waals surface area contributed by atoms with Crippen molar-refractivity contribution >= 4 is 0 Å². The van der Waals surface area contributed by atoms with E-state index in [-0.39, 0.29) is 11.7 Å². The van der Waals surface area contributed by atoms with Crippen LogP contribution in [0.2, 0.25) is 0 Å². The number of aliphatic hydroxyl groups is 1. The number of hydrogen-bond acceptors (Lipinski definition) is 2. The standard InChI is InChI=1S/C11H14F2O2/c1-7(2)15-9-5-3-4-8(6-9)10(14)11(12)13/h3-7,10-11,14H,1-2H3/t10-/m1/s1. The average molecular weight is 216 g/mol. The van der Waals surface area contributed by atoms with E-state index in [0.29, 0.717) is 5.75 Å². The van der Waals surface area contributed by atoms with Gasteiger partial charge in [-0.3, -0.25) is 0 Å². The molecule has 0 unspecified atom stereocenters. The maximum Gasteiger partial charge on any atom is 0.268 e. The Balaban J connectivity index is 2.82. The molecule has 1 aromatic rings. The van der Waals surface area contributed by atoms with Gasteiger partial charge in [0, 0.05) is 0 Å². The molecule has 4 heteroatoms. The molecule has 1 N–H and O–H groups in total. The van der Waals surface area contributed by atoms with Crippen LogP contribution in [0.25, 0.3) is 0 Å². The average Bonchev–Trinajstić information content (AvgIpc) is 2.16. The second-order valence-corrected chi connectivity index (χ2v) is 3.52. The van der Waals surface area contributed by atoms with Gasteiger partial charge in [-0.2, -0.15) is 0 Å². The van der Waals surface area contributed by atoms with E-state index in [1.54, 1.807) is 12.1 Å². The molecule has 0 aliphatic rings. The van der Waals surface area contributed by atoms with Crippen LogP contribution in [0.5, 0.6) is 5.75 Å². The Bertz CT molecular complexity index is 313. The molecular formula is C11H14F2O2. The van der Waals surface area contributed by atoms with Gasteiger partial charge in [0.15, 0.2) is 0 Å². The minimum Gasteiger partial charge on any atom is -0.491 e. The number of aliphatic hydroxyl groups excluding tert-OH is 1. The molecule has 0 spiro atoms. The lowest BCUT2D eigenvalue weighted by Gasteiger charge is -2.13. The quantitative estimate of drug-likeness (QED) is 0.838. The van der Waals surface area contributed by atoms with Crippen LogP contribution in [0, 0.1) is 0 Å². The predicted octanol–water partition coefficient (Wildman–Crippen LogP) is 2.77. The molecule has 1 aromatic carbocycles. The van der Waals surface area contributed by atoms with Gasteiger partial charge in [-0.15, -0.1) is 0 Å². The van der Waals surface area contributed by atoms with Crippen molar-refractivity contribution < 1.29 is 18.6 Å². The smallest absolute Gasteiger partial charge is 0.268 e. The van der Waals surface area contributed by atoms with Crippen LogP contribution < -0.4 is 4.74 Å². The molecule has 15 heavy (non-hydrogen) atoms. The lowest BCUT2D eigenvalue weighted by molar-refractivity contribution is -0.00591. The molecule has 0 fully saturated rings. The van der Waals surface area contributed by atoms with Gasteiger partial charge in [0.05, 0.1) is 6.10 Å². The zero-order valence-corrected chi connectivity index (χ0v) is 8.65. The summed E-state index contributed by atoms with van der Waals surface area (Å²) in [5, 5.41) is 9.15. The van der Waals surface area contributed by atoms with Gasteiger partial charge < -0.3 is 9.84 Å². The first-order valence-electron chi connectivity index (χ1n) is 4.73. The van der Waals surface area contributed by atoms with Crippen LogP contribution in [0.1, 0.15) is 25.5 Å². The Labute approximate surface area is 87.5 Å². The van der Waals surface area contributed by atoms with Crippen molar-refractivity contribution in [3.05, 3.63) is 29.8 Å². The molecule has 0 aliphatic heterocycles. The summed E-state index contributed by atoms with van der Waals surface area (Å²) < 4.78 is 29.8. The minimum absolute atomic E-state index is 0.0241. The third-order valence-corrected chi connectivity index (χ3v) is 1.81. The van der Waals surface area contributed by atoms with Crippen LogP contribution in [0.4, 0.5) is 8.78 Å². The number of halogens is 2.